The molecule has 0 fully saturated rings. The number of carbonyl (C=O) groups excluding carboxylic acids is 1. The molecule has 2 heterocycles. The van der Waals surface area contributed by atoms with Gasteiger partial charge < -0.3 is 10.2 Å². The third-order valence-electron chi connectivity index (χ3n) is 5.13. The molecule has 5 nitrogen and oxygen atoms in total. The Morgan fingerprint density at radius 3 is 2.55 bits per heavy atom. The van der Waals surface area contributed by atoms with Crippen LogP contribution in [-0.4, -0.2) is 22.9 Å². The summed E-state index contributed by atoms with van der Waals surface area (Å²) in [5.41, 5.74) is 3.04. The number of rotatable bonds is 9. The van der Waals surface area contributed by atoms with Crippen LogP contribution in [0.25, 0.3) is 11.3 Å². The lowest BCUT2D eigenvalue weighted by Crippen LogP contribution is -2.23. The van der Waals surface area contributed by atoms with Gasteiger partial charge in [0.1, 0.15) is 11.6 Å². The molecule has 2 aromatic heterocycles. The van der Waals surface area contributed by atoms with E-state index in [2.05, 4.69) is 15.3 Å². The van der Waals surface area contributed by atoms with Gasteiger partial charge in [0.05, 0.1) is 17.9 Å². The Hall–Kier alpha value is -4.13. The van der Waals surface area contributed by atoms with E-state index in [1.54, 1.807) is 54.9 Å². The van der Waals surface area contributed by atoms with Gasteiger partial charge in [-0.15, -0.1) is 0 Å². The molecule has 0 atom stereocenters. The summed E-state index contributed by atoms with van der Waals surface area (Å²) >= 11 is 0. The highest BCUT2D eigenvalue weighted by Gasteiger charge is 2.16. The van der Waals surface area contributed by atoms with Gasteiger partial charge in [-0.3, -0.25) is 9.78 Å². The lowest BCUT2D eigenvalue weighted by molar-refractivity contribution is -0.107. The van der Waals surface area contributed by atoms with Gasteiger partial charge in [-0.1, -0.05) is 30.3 Å². The van der Waals surface area contributed by atoms with E-state index in [0.717, 1.165) is 17.5 Å². The minimum Gasteiger partial charge on any atom is -0.368 e. The Kier molecular flexibility index (Phi) is 6.99. The molecule has 2 aromatic carbocycles. The van der Waals surface area contributed by atoms with Crippen molar-refractivity contribution in [3.63, 3.8) is 0 Å². The van der Waals surface area contributed by atoms with Gasteiger partial charge >= 0.3 is 0 Å². The standard InChI is InChI=1S/C26H22F2N4O/c27-21-7-3-5-19(15-21)12-14-30-26-25(32(18-33)17-20-6-4-13-29-16-20)11-10-24(31-26)22-8-1-2-9-23(22)28/h1-11,13,15-16,18H,12,14,17H2,(H,30,31). The predicted molar refractivity (Wildman–Crippen MR) is 125 cm³/mol. The van der Waals surface area contributed by atoms with Crippen LogP contribution in [0.3, 0.4) is 0 Å². The molecule has 1 amide bonds. The molecule has 0 aliphatic rings. The van der Waals surface area contributed by atoms with E-state index < -0.39 is 0 Å². The van der Waals surface area contributed by atoms with Crippen LogP contribution in [0.15, 0.2) is 85.2 Å². The van der Waals surface area contributed by atoms with Gasteiger partial charge in [-0.2, -0.15) is 0 Å². The summed E-state index contributed by atoms with van der Waals surface area (Å²) in [5, 5.41) is 3.24. The first-order chi connectivity index (χ1) is 16.1. The second-order valence-electron chi connectivity index (χ2n) is 7.45. The molecule has 1 N–H and O–H groups in total. The van der Waals surface area contributed by atoms with Crippen LogP contribution >= 0.6 is 0 Å². The Morgan fingerprint density at radius 2 is 1.79 bits per heavy atom. The van der Waals surface area contributed by atoms with Crippen LogP contribution in [-0.2, 0) is 17.8 Å². The van der Waals surface area contributed by atoms with Gasteiger partial charge in [0, 0.05) is 24.5 Å². The zero-order chi connectivity index (χ0) is 23.0. The summed E-state index contributed by atoms with van der Waals surface area (Å²) in [4.78, 5) is 22.2. The molecule has 0 spiro atoms. The Bertz CT molecular complexity index is 1230. The molecule has 0 saturated carbocycles. The maximum Gasteiger partial charge on any atom is 0.214 e. The molecule has 0 aliphatic heterocycles. The topological polar surface area (TPSA) is 58.1 Å². The third-order valence-corrected chi connectivity index (χ3v) is 5.13. The predicted octanol–water partition coefficient (Wildman–Crippen LogP) is 5.24. The average molecular weight is 444 g/mol. The van der Waals surface area contributed by atoms with Crippen molar-refractivity contribution < 1.29 is 13.6 Å². The van der Waals surface area contributed by atoms with Crippen molar-refractivity contribution in [3.8, 4) is 11.3 Å². The first-order valence-corrected chi connectivity index (χ1v) is 10.5. The van der Waals surface area contributed by atoms with E-state index in [9.17, 15) is 13.6 Å². The number of hydrogen-bond acceptors (Lipinski definition) is 4. The van der Waals surface area contributed by atoms with E-state index in [1.165, 1.54) is 23.1 Å². The average Bonchev–Trinajstić information content (AvgIpc) is 2.84. The van der Waals surface area contributed by atoms with Crippen molar-refractivity contribution in [2.24, 2.45) is 0 Å². The zero-order valence-electron chi connectivity index (χ0n) is 17.8. The maximum absolute atomic E-state index is 14.4. The van der Waals surface area contributed by atoms with Gasteiger partial charge in [0.2, 0.25) is 6.41 Å². The van der Waals surface area contributed by atoms with E-state index in [-0.39, 0.29) is 11.6 Å². The maximum atomic E-state index is 14.4. The summed E-state index contributed by atoms with van der Waals surface area (Å²) in [6.45, 7) is 0.750. The molecule has 0 aliphatic carbocycles. The summed E-state index contributed by atoms with van der Waals surface area (Å²) in [6.07, 6.45) is 4.63. The van der Waals surface area contributed by atoms with E-state index in [0.29, 0.717) is 42.3 Å². The number of hydrogen-bond donors (Lipinski definition) is 1. The second-order valence-corrected chi connectivity index (χ2v) is 7.45. The summed E-state index contributed by atoms with van der Waals surface area (Å²) < 4.78 is 27.9. The summed E-state index contributed by atoms with van der Waals surface area (Å²) in [6, 6.07) is 19.9. The molecule has 4 rings (SSSR count). The molecule has 0 saturated heterocycles. The number of carbonyl (C=O) groups is 1. The number of benzene rings is 2. The molecular formula is C26H22F2N4O. The van der Waals surface area contributed by atoms with Crippen molar-refractivity contribution in [2.45, 2.75) is 13.0 Å². The van der Waals surface area contributed by atoms with Crippen LogP contribution < -0.4 is 10.2 Å². The largest absolute Gasteiger partial charge is 0.368 e. The van der Waals surface area contributed by atoms with Gasteiger partial charge in [-0.05, 0) is 60.0 Å². The summed E-state index contributed by atoms with van der Waals surface area (Å²) in [5.74, 6) is -0.245. The SMILES string of the molecule is O=CN(Cc1cccnc1)c1ccc(-c2ccccc2F)nc1NCCc1cccc(F)c1. The molecule has 166 valence electrons. The van der Waals surface area contributed by atoms with Crippen molar-refractivity contribution in [2.75, 3.05) is 16.8 Å². The number of aromatic nitrogens is 2. The summed E-state index contributed by atoms with van der Waals surface area (Å²) in [7, 11) is 0. The van der Waals surface area contributed by atoms with Crippen molar-refractivity contribution in [1.29, 1.82) is 0 Å². The van der Waals surface area contributed by atoms with Gasteiger partial charge in [0.15, 0.2) is 5.82 Å². The van der Waals surface area contributed by atoms with Gasteiger partial charge in [-0.25, -0.2) is 13.8 Å². The van der Waals surface area contributed by atoms with E-state index in [4.69, 9.17) is 0 Å². The van der Waals surface area contributed by atoms with Crippen molar-refractivity contribution in [3.05, 3.63) is 108 Å². The fraction of sp³-hybridized carbons (Fsp3) is 0.115. The van der Waals surface area contributed by atoms with Crippen LogP contribution in [0.4, 0.5) is 20.3 Å². The highest BCUT2D eigenvalue weighted by molar-refractivity contribution is 5.83. The Balaban J connectivity index is 1.63. The number of anilines is 2. The first-order valence-electron chi connectivity index (χ1n) is 10.5. The molecule has 33 heavy (non-hydrogen) atoms. The zero-order valence-corrected chi connectivity index (χ0v) is 17.8. The number of nitrogens with one attached hydrogen (secondary N) is 1. The highest BCUT2D eigenvalue weighted by Crippen LogP contribution is 2.30. The highest BCUT2D eigenvalue weighted by atomic mass is 19.1. The quantitative estimate of drug-likeness (QED) is 0.359. The fourth-order valence-corrected chi connectivity index (χ4v) is 3.52. The van der Waals surface area contributed by atoms with Crippen LogP contribution in [0, 0.1) is 11.6 Å². The minimum atomic E-state index is -0.383. The molecular weight excluding hydrogens is 422 g/mol. The Labute approximate surface area is 190 Å². The lowest BCUT2D eigenvalue weighted by atomic mass is 10.1. The molecule has 0 bridgehead atoms. The smallest absolute Gasteiger partial charge is 0.214 e. The normalized spacial score (nSPS) is 10.6. The van der Waals surface area contributed by atoms with Crippen LogP contribution in [0.1, 0.15) is 11.1 Å². The van der Waals surface area contributed by atoms with E-state index >= 15 is 0 Å². The monoisotopic (exact) mass is 444 g/mol. The number of nitrogens with zero attached hydrogens (tertiary/aromatic N) is 3. The number of halogens is 2. The minimum absolute atomic E-state index is 0.295. The van der Waals surface area contributed by atoms with Crippen molar-refractivity contribution in [1.82, 2.24) is 9.97 Å². The third kappa shape index (κ3) is 5.57. The molecule has 0 radical (unpaired) electrons. The second kappa shape index (κ2) is 10.5. The molecule has 7 heteroatoms. The first kappa shape index (κ1) is 22.1. The Morgan fingerprint density at radius 1 is 0.939 bits per heavy atom. The molecule has 4 aromatic rings. The van der Waals surface area contributed by atoms with Crippen molar-refractivity contribution >= 4 is 17.9 Å². The number of amides is 1. The van der Waals surface area contributed by atoms with Crippen LogP contribution in [0.5, 0.6) is 0 Å². The van der Waals surface area contributed by atoms with Gasteiger partial charge in [0.25, 0.3) is 0 Å². The van der Waals surface area contributed by atoms with Crippen LogP contribution in [0.2, 0.25) is 0 Å². The molecule has 0 unspecified atom stereocenters. The number of pyridine rings is 2. The lowest BCUT2D eigenvalue weighted by Gasteiger charge is -2.21. The van der Waals surface area contributed by atoms with E-state index in [1.807, 2.05) is 12.1 Å². The fourth-order valence-electron chi connectivity index (χ4n) is 3.52.